The summed E-state index contributed by atoms with van der Waals surface area (Å²) in [5, 5.41) is 7.75. The normalized spacial score (nSPS) is 11.6. The summed E-state index contributed by atoms with van der Waals surface area (Å²) in [6, 6.07) is 8.11. The minimum Gasteiger partial charge on any atom is -0.459 e. The Morgan fingerprint density at radius 3 is 2.57 bits per heavy atom. The van der Waals surface area contributed by atoms with Crippen LogP contribution in [-0.4, -0.2) is 19.6 Å². The Kier molecular flexibility index (Phi) is 7.01. The van der Waals surface area contributed by atoms with Crippen LogP contribution in [0.5, 0.6) is 0 Å². The van der Waals surface area contributed by atoms with Gasteiger partial charge in [0, 0.05) is 24.5 Å². The van der Waals surface area contributed by atoms with Gasteiger partial charge in [0.05, 0.1) is 6.54 Å². The second-order valence-electron chi connectivity index (χ2n) is 5.35. The molecule has 1 aromatic carbocycles. The van der Waals surface area contributed by atoms with Gasteiger partial charge in [0.25, 0.3) is 0 Å². The van der Waals surface area contributed by atoms with Crippen LogP contribution in [0.25, 0.3) is 11.0 Å². The van der Waals surface area contributed by atoms with Crippen LogP contribution in [-0.2, 0) is 6.54 Å². The summed E-state index contributed by atoms with van der Waals surface area (Å²) in [5.41, 5.74) is 2.12. The number of hydrogen-bond acceptors (Lipinski definition) is 2. The highest BCUT2D eigenvalue weighted by molar-refractivity contribution is 14.0. The number of para-hydroxylation sites is 1. The Labute approximate surface area is 143 Å². The molecule has 0 aliphatic rings. The third-order valence-electron chi connectivity index (χ3n) is 3.26. The number of benzene rings is 1. The second-order valence-corrected chi connectivity index (χ2v) is 5.35. The zero-order chi connectivity index (χ0) is 14.5. The van der Waals surface area contributed by atoms with E-state index >= 15 is 0 Å². The fraction of sp³-hybridized carbons (Fsp3) is 0.438. The fourth-order valence-electron chi connectivity index (χ4n) is 2.08. The van der Waals surface area contributed by atoms with Gasteiger partial charge in [0.15, 0.2) is 5.96 Å². The zero-order valence-electron chi connectivity index (χ0n) is 13.1. The topological polar surface area (TPSA) is 49.6 Å². The van der Waals surface area contributed by atoms with Crippen LogP contribution in [0.1, 0.15) is 25.2 Å². The van der Waals surface area contributed by atoms with Crippen molar-refractivity contribution in [1.29, 1.82) is 0 Å². The highest BCUT2D eigenvalue weighted by atomic mass is 127. The quantitative estimate of drug-likeness (QED) is 0.467. The van der Waals surface area contributed by atoms with Crippen molar-refractivity contribution >= 4 is 40.9 Å². The van der Waals surface area contributed by atoms with Crippen molar-refractivity contribution in [1.82, 2.24) is 10.6 Å². The minimum atomic E-state index is 0. The van der Waals surface area contributed by atoms with Crippen molar-refractivity contribution in [3.8, 4) is 0 Å². The number of aryl methyl sites for hydroxylation is 1. The smallest absolute Gasteiger partial charge is 0.191 e. The third-order valence-corrected chi connectivity index (χ3v) is 3.26. The van der Waals surface area contributed by atoms with E-state index in [4.69, 9.17) is 4.42 Å². The maximum atomic E-state index is 5.87. The fourth-order valence-corrected chi connectivity index (χ4v) is 2.08. The van der Waals surface area contributed by atoms with Crippen LogP contribution in [0.4, 0.5) is 0 Å². The number of aliphatic imine (C=N–C) groups is 1. The zero-order valence-corrected chi connectivity index (χ0v) is 15.4. The van der Waals surface area contributed by atoms with Crippen molar-refractivity contribution in [3.05, 3.63) is 35.6 Å². The van der Waals surface area contributed by atoms with Crippen molar-refractivity contribution < 1.29 is 4.42 Å². The van der Waals surface area contributed by atoms with Gasteiger partial charge in [0.2, 0.25) is 0 Å². The molecule has 4 nitrogen and oxygen atoms in total. The number of rotatable bonds is 4. The largest absolute Gasteiger partial charge is 0.459 e. The number of halogens is 1. The van der Waals surface area contributed by atoms with E-state index in [-0.39, 0.29) is 24.0 Å². The highest BCUT2D eigenvalue weighted by Gasteiger charge is 2.10. The van der Waals surface area contributed by atoms with E-state index < -0.39 is 0 Å². The molecule has 0 bridgehead atoms. The average Bonchev–Trinajstić information content (AvgIpc) is 2.76. The Morgan fingerprint density at radius 1 is 1.24 bits per heavy atom. The van der Waals surface area contributed by atoms with E-state index in [1.807, 2.05) is 18.2 Å². The van der Waals surface area contributed by atoms with Crippen LogP contribution >= 0.6 is 24.0 Å². The first-order chi connectivity index (χ1) is 9.61. The molecule has 0 fully saturated rings. The summed E-state index contributed by atoms with van der Waals surface area (Å²) in [7, 11) is 1.78. The first-order valence-electron chi connectivity index (χ1n) is 7.03. The molecule has 2 aromatic rings. The number of nitrogens with zero attached hydrogens (tertiary/aromatic N) is 1. The molecular formula is C16H24IN3O. The lowest BCUT2D eigenvalue weighted by molar-refractivity contribution is 0.532. The van der Waals surface area contributed by atoms with Gasteiger partial charge >= 0.3 is 0 Å². The molecule has 0 amide bonds. The molecule has 0 saturated heterocycles. The summed E-state index contributed by atoms with van der Waals surface area (Å²) < 4.78 is 5.87. The highest BCUT2D eigenvalue weighted by Crippen LogP contribution is 2.24. The van der Waals surface area contributed by atoms with Gasteiger partial charge in [-0.3, -0.25) is 4.99 Å². The first kappa shape index (κ1) is 17.8. The molecule has 0 spiro atoms. The summed E-state index contributed by atoms with van der Waals surface area (Å²) in [6.45, 7) is 7.97. The molecule has 5 heteroatoms. The van der Waals surface area contributed by atoms with Crippen LogP contribution in [0, 0.1) is 12.8 Å². The van der Waals surface area contributed by atoms with Crippen molar-refractivity contribution in [2.24, 2.45) is 10.9 Å². The molecule has 0 unspecified atom stereocenters. The molecule has 0 aliphatic carbocycles. The van der Waals surface area contributed by atoms with Crippen molar-refractivity contribution in [2.45, 2.75) is 27.3 Å². The van der Waals surface area contributed by atoms with Gasteiger partial charge in [-0.1, -0.05) is 32.0 Å². The van der Waals surface area contributed by atoms with Gasteiger partial charge in [0.1, 0.15) is 11.3 Å². The second kappa shape index (κ2) is 8.26. The average molecular weight is 401 g/mol. The van der Waals surface area contributed by atoms with E-state index in [2.05, 4.69) is 42.5 Å². The maximum absolute atomic E-state index is 5.87. The van der Waals surface area contributed by atoms with E-state index in [0.29, 0.717) is 12.5 Å². The Morgan fingerprint density at radius 2 is 1.95 bits per heavy atom. The number of hydrogen-bond donors (Lipinski definition) is 2. The Balaban J connectivity index is 0.00000220. The van der Waals surface area contributed by atoms with Crippen LogP contribution in [0.3, 0.4) is 0 Å². The summed E-state index contributed by atoms with van der Waals surface area (Å²) >= 11 is 0. The minimum absolute atomic E-state index is 0. The Bertz CT molecular complexity index is 605. The monoisotopic (exact) mass is 401 g/mol. The standard InChI is InChI=1S/C16H23N3O.HI/c1-11(2)9-18-16(17-4)19-10-15-12(3)13-7-5-6-8-14(13)20-15;/h5-8,11H,9-10H2,1-4H3,(H2,17,18,19);1H. The molecule has 0 saturated carbocycles. The molecule has 2 rings (SSSR count). The molecule has 0 radical (unpaired) electrons. The van der Waals surface area contributed by atoms with Crippen molar-refractivity contribution in [2.75, 3.05) is 13.6 Å². The number of furan rings is 1. The summed E-state index contributed by atoms with van der Waals surface area (Å²) in [5.74, 6) is 2.35. The summed E-state index contributed by atoms with van der Waals surface area (Å²) in [4.78, 5) is 4.21. The Hall–Kier alpha value is -1.24. The summed E-state index contributed by atoms with van der Waals surface area (Å²) in [6.07, 6.45) is 0. The predicted molar refractivity (Wildman–Crippen MR) is 99.4 cm³/mol. The van der Waals surface area contributed by atoms with Gasteiger partial charge in [-0.2, -0.15) is 0 Å². The predicted octanol–water partition coefficient (Wildman–Crippen LogP) is 3.68. The lowest BCUT2D eigenvalue weighted by atomic mass is 10.1. The molecule has 21 heavy (non-hydrogen) atoms. The molecule has 0 atom stereocenters. The molecule has 1 aromatic heterocycles. The van der Waals surface area contributed by atoms with Crippen LogP contribution in [0.15, 0.2) is 33.7 Å². The molecule has 116 valence electrons. The SMILES string of the molecule is CN=C(NCc1oc2ccccc2c1C)NCC(C)C.I. The van der Waals surface area contributed by atoms with Gasteiger partial charge in [-0.15, -0.1) is 24.0 Å². The third kappa shape index (κ3) is 4.62. The van der Waals surface area contributed by atoms with Gasteiger partial charge in [-0.05, 0) is 18.9 Å². The van der Waals surface area contributed by atoms with E-state index in [0.717, 1.165) is 23.8 Å². The van der Waals surface area contributed by atoms with Gasteiger partial charge < -0.3 is 15.1 Å². The molecular weight excluding hydrogens is 377 g/mol. The molecule has 0 aliphatic heterocycles. The van der Waals surface area contributed by atoms with Crippen molar-refractivity contribution in [3.63, 3.8) is 0 Å². The lowest BCUT2D eigenvalue weighted by Crippen LogP contribution is -2.38. The maximum Gasteiger partial charge on any atom is 0.191 e. The molecule has 2 N–H and O–H groups in total. The van der Waals surface area contributed by atoms with E-state index in [1.54, 1.807) is 7.05 Å². The number of guanidine groups is 1. The number of fused-ring (bicyclic) bond motifs is 1. The van der Waals surface area contributed by atoms with Gasteiger partial charge in [-0.25, -0.2) is 0 Å². The first-order valence-corrected chi connectivity index (χ1v) is 7.03. The van der Waals surface area contributed by atoms with Crippen LogP contribution in [0.2, 0.25) is 0 Å². The van der Waals surface area contributed by atoms with E-state index in [9.17, 15) is 0 Å². The number of nitrogens with one attached hydrogen (secondary N) is 2. The van der Waals surface area contributed by atoms with Crippen LogP contribution < -0.4 is 10.6 Å². The lowest BCUT2D eigenvalue weighted by Gasteiger charge is -2.12. The van der Waals surface area contributed by atoms with E-state index in [1.165, 1.54) is 10.9 Å². The molecule has 1 heterocycles.